The monoisotopic (exact) mass is 601 g/mol. The molecule has 216 valence electrons. The second kappa shape index (κ2) is 15.5. The van der Waals surface area contributed by atoms with Gasteiger partial charge >= 0.3 is 11.9 Å². The summed E-state index contributed by atoms with van der Waals surface area (Å²) in [6.45, 7) is 4.11. The van der Waals surface area contributed by atoms with E-state index in [1.807, 2.05) is 11.4 Å². The van der Waals surface area contributed by atoms with Gasteiger partial charge in [-0.25, -0.2) is 14.0 Å². The topological polar surface area (TPSA) is 126 Å². The number of hydrogen-bond donors (Lipinski definition) is 0. The minimum Gasteiger partial charge on any atom is -0.461 e. The maximum absolute atomic E-state index is 13.9. The van der Waals surface area contributed by atoms with Crippen LogP contribution in [0.15, 0.2) is 65.0 Å². The summed E-state index contributed by atoms with van der Waals surface area (Å²) < 4.78 is 33.4. The predicted molar refractivity (Wildman–Crippen MR) is 151 cm³/mol. The van der Waals surface area contributed by atoms with Crippen molar-refractivity contribution in [1.29, 1.82) is 0 Å². The number of rotatable bonds is 11. The highest BCUT2D eigenvalue weighted by atomic mass is 32.1. The van der Waals surface area contributed by atoms with Crippen molar-refractivity contribution in [3.05, 3.63) is 87.8 Å². The van der Waals surface area contributed by atoms with Crippen molar-refractivity contribution in [2.45, 2.75) is 20.4 Å². The Kier molecular flexibility index (Phi) is 11.8. The number of carbonyl (C=O) groups excluding carboxylic acids is 3. The van der Waals surface area contributed by atoms with E-state index in [0.29, 0.717) is 17.0 Å². The molecule has 14 heteroatoms. The molecule has 0 aliphatic heterocycles. The lowest BCUT2D eigenvalue weighted by Gasteiger charge is -2.17. The number of ether oxygens (including phenoxy) is 2. The molecule has 1 aromatic carbocycles. The van der Waals surface area contributed by atoms with Crippen molar-refractivity contribution in [2.75, 3.05) is 27.4 Å². The first-order chi connectivity index (χ1) is 19.8. The number of benzene rings is 1. The molecular formula is C27H28FN5O6S2. The Hall–Kier alpha value is -4.27. The molecule has 4 aromatic rings. The van der Waals surface area contributed by atoms with Gasteiger partial charge in [-0.05, 0) is 55.1 Å². The summed E-state index contributed by atoms with van der Waals surface area (Å²) in [4.78, 5) is 40.3. The third kappa shape index (κ3) is 8.61. The van der Waals surface area contributed by atoms with Gasteiger partial charge in [-0.15, -0.1) is 0 Å². The quantitative estimate of drug-likeness (QED) is 0.104. The molecule has 0 aliphatic carbocycles. The first-order valence-electron chi connectivity index (χ1n) is 12.3. The van der Waals surface area contributed by atoms with Gasteiger partial charge in [-0.2, -0.15) is 13.8 Å². The lowest BCUT2D eigenvalue weighted by molar-refractivity contribution is -0.149. The van der Waals surface area contributed by atoms with E-state index in [-0.39, 0.29) is 48.4 Å². The first-order valence-corrected chi connectivity index (χ1v) is 14.0. The molecule has 0 aliphatic rings. The molecule has 41 heavy (non-hydrogen) atoms. The number of hydroxylamine groups is 2. The molecule has 3 heterocycles. The van der Waals surface area contributed by atoms with E-state index in [9.17, 15) is 18.8 Å². The number of hydrogen-bond acceptors (Lipinski definition) is 12. The van der Waals surface area contributed by atoms with Crippen molar-refractivity contribution in [1.82, 2.24) is 23.6 Å². The van der Waals surface area contributed by atoms with E-state index >= 15 is 0 Å². The van der Waals surface area contributed by atoms with Gasteiger partial charge < -0.3 is 9.47 Å². The molecule has 3 aromatic heterocycles. The molecule has 0 fully saturated rings. The Labute approximate surface area is 244 Å². The lowest BCUT2D eigenvalue weighted by Crippen LogP contribution is -2.25. The van der Waals surface area contributed by atoms with Gasteiger partial charge in [0.1, 0.15) is 17.2 Å². The van der Waals surface area contributed by atoms with E-state index in [2.05, 4.69) is 13.8 Å². The Morgan fingerprint density at radius 3 is 2.32 bits per heavy atom. The van der Waals surface area contributed by atoms with Crippen LogP contribution in [-0.2, 0) is 25.7 Å². The Bertz CT molecular complexity index is 1470. The number of likely N-dealkylation sites (N-methyl/N-ethyl adjacent to an activating group) is 1. The van der Waals surface area contributed by atoms with E-state index in [1.165, 1.54) is 48.4 Å². The Balaban J connectivity index is 0.000000233. The molecule has 0 saturated heterocycles. The smallest absolute Gasteiger partial charge is 0.358 e. The molecule has 0 atom stereocenters. The maximum Gasteiger partial charge on any atom is 0.358 e. The molecule has 4 rings (SSSR count). The van der Waals surface area contributed by atoms with Crippen LogP contribution in [0.4, 0.5) is 4.39 Å². The average Bonchev–Trinajstić information content (AvgIpc) is 3.75. The summed E-state index contributed by atoms with van der Waals surface area (Å²) in [5.41, 5.74) is 2.32. The second-order valence-electron chi connectivity index (χ2n) is 7.95. The van der Waals surface area contributed by atoms with Gasteiger partial charge in [0.2, 0.25) is 5.78 Å². The number of ketones is 1. The van der Waals surface area contributed by atoms with Crippen LogP contribution >= 0.6 is 23.1 Å². The summed E-state index contributed by atoms with van der Waals surface area (Å²) in [7, 11) is 2.90. The largest absolute Gasteiger partial charge is 0.461 e. The van der Waals surface area contributed by atoms with Crippen LogP contribution in [-0.4, -0.2) is 68.7 Å². The van der Waals surface area contributed by atoms with Crippen molar-refractivity contribution in [3.63, 3.8) is 0 Å². The molecular weight excluding hydrogens is 573 g/mol. The van der Waals surface area contributed by atoms with Gasteiger partial charge in [-0.1, -0.05) is 18.2 Å². The minimum atomic E-state index is -0.620. The summed E-state index contributed by atoms with van der Waals surface area (Å²) in [6.07, 6.45) is 1.15. The summed E-state index contributed by atoms with van der Waals surface area (Å²) in [5.74, 6) is -1.81. The zero-order chi connectivity index (χ0) is 29.8. The predicted octanol–water partition coefficient (Wildman–Crippen LogP) is 4.64. The van der Waals surface area contributed by atoms with Crippen LogP contribution in [0, 0.1) is 5.82 Å². The molecule has 0 saturated carbocycles. The molecule has 0 N–H and O–H groups in total. The van der Waals surface area contributed by atoms with Crippen LogP contribution in [0.3, 0.4) is 0 Å². The van der Waals surface area contributed by atoms with Crippen LogP contribution in [0.5, 0.6) is 0 Å². The molecule has 0 unspecified atom stereocenters. The van der Waals surface area contributed by atoms with Gasteiger partial charge in [0.15, 0.2) is 11.4 Å². The number of nitrogens with zero attached hydrogens (tertiary/aromatic N) is 5. The van der Waals surface area contributed by atoms with Gasteiger partial charge in [0.05, 0.1) is 32.6 Å². The Morgan fingerprint density at radius 1 is 1.00 bits per heavy atom. The fourth-order valence-electron chi connectivity index (χ4n) is 3.30. The number of carbonyl (C=O) groups is 3. The fraction of sp³-hybridized carbons (Fsp3) is 0.259. The van der Waals surface area contributed by atoms with E-state index in [4.69, 9.17) is 14.3 Å². The standard InChI is InChI=1S/C16H14FN3O2S.C11H14N2O4S/c1-2-22-16(21)14-9-15(13-7-8-23-19-13)20(18-14)10-11-5-3-4-6-12(11)17;1-4-17-11(15)9(13(2)16-3)7-10(14)8-5-6-18-12-8/h3-9H,2,10H2,1H3;5-7H,4H2,1-3H3/b;9-7+. The third-order valence-electron chi connectivity index (χ3n) is 5.30. The minimum absolute atomic E-state index is 0.0253. The van der Waals surface area contributed by atoms with Crippen LogP contribution < -0.4 is 0 Å². The van der Waals surface area contributed by atoms with Gasteiger partial charge in [0, 0.05) is 35.5 Å². The summed E-state index contributed by atoms with van der Waals surface area (Å²) in [5, 5.41) is 8.95. The van der Waals surface area contributed by atoms with Gasteiger partial charge in [-0.3, -0.25) is 19.4 Å². The number of allylic oxidation sites excluding steroid dienone is 1. The fourth-order valence-corrected chi connectivity index (χ4v) is 4.33. The highest BCUT2D eigenvalue weighted by Gasteiger charge is 2.20. The van der Waals surface area contributed by atoms with E-state index in [0.717, 1.165) is 6.08 Å². The molecule has 0 spiro atoms. The van der Waals surface area contributed by atoms with Crippen molar-refractivity contribution in [3.8, 4) is 11.4 Å². The molecule has 0 bridgehead atoms. The summed E-state index contributed by atoms with van der Waals surface area (Å²) >= 11 is 2.47. The third-order valence-corrected chi connectivity index (χ3v) is 6.42. The molecule has 11 nitrogen and oxygen atoms in total. The first kappa shape index (κ1) is 31.3. The average molecular weight is 602 g/mol. The highest BCUT2D eigenvalue weighted by molar-refractivity contribution is 7.04. The molecule has 0 amide bonds. The lowest BCUT2D eigenvalue weighted by atomic mass is 10.2. The van der Waals surface area contributed by atoms with E-state index < -0.39 is 11.9 Å². The number of halogens is 1. The SMILES string of the molecule is CCOC(=O)/C(=C\C(=O)c1ccsn1)N(C)OC.CCOC(=O)c1cc(-c2ccsn2)n(Cc2ccccc2F)n1. The van der Waals surface area contributed by atoms with Crippen molar-refractivity contribution in [2.24, 2.45) is 0 Å². The highest BCUT2D eigenvalue weighted by Crippen LogP contribution is 2.22. The van der Waals surface area contributed by atoms with Gasteiger partial charge in [0.25, 0.3) is 0 Å². The number of esters is 2. The van der Waals surface area contributed by atoms with Crippen LogP contribution in [0.1, 0.15) is 40.4 Å². The number of aromatic nitrogens is 4. The van der Waals surface area contributed by atoms with Crippen LogP contribution in [0.2, 0.25) is 0 Å². The van der Waals surface area contributed by atoms with E-state index in [1.54, 1.807) is 54.2 Å². The maximum atomic E-state index is 13.9. The zero-order valence-corrected chi connectivity index (χ0v) is 24.4. The molecule has 0 radical (unpaired) electrons. The van der Waals surface area contributed by atoms with Crippen LogP contribution in [0.25, 0.3) is 11.4 Å². The zero-order valence-electron chi connectivity index (χ0n) is 22.8. The summed E-state index contributed by atoms with van der Waals surface area (Å²) in [6, 6.07) is 11.5. The van der Waals surface area contributed by atoms with Crippen molar-refractivity contribution >= 4 is 40.8 Å². The second-order valence-corrected chi connectivity index (χ2v) is 9.28. The normalized spacial score (nSPS) is 10.9. The Morgan fingerprint density at radius 2 is 1.71 bits per heavy atom. The van der Waals surface area contributed by atoms with Crippen molar-refractivity contribution < 1.29 is 33.1 Å².